The minimum absolute atomic E-state index is 0.154. The van der Waals surface area contributed by atoms with Gasteiger partial charge in [0.05, 0.1) is 22.4 Å². The fraction of sp³-hybridized carbons (Fsp3) is 0.591. The van der Waals surface area contributed by atoms with Crippen molar-refractivity contribution in [2.75, 3.05) is 31.2 Å². The molecule has 2 heterocycles. The molecule has 160 valence electrons. The van der Waals surface area contributed by atoms with Crippen LogP contribution in [0.25, 0.3) is 10.9 Å². The van der Waals surface area contributed by atoms with Gasteiger partial charge in [-0.25, -0.2) is 18.4 Å². The van der Waals surface area contributed by atoms with Gasteiger partial charge in [0, 0.05) is 24.2 Å². The first-order valence-corrected chi connectivity index (χ1v) is 12.7. The molecule has 1 saturated heterocycles. The largest absolute Gasteiger partial charge is 0.369 e. The van der Waals surface area contributed by atoms with Gasteiger partial charge in [0.2, 0.25) is 0 Å². The second-order valence-electron chi connectivity index (χ2n) is 8.69. The Labute approximate surface area is 178 Å². The maximum absolute atomic E-state index is 11.8. The maximum atomic E-state index is 11.8. The van der Waals surface area contributed by atoms with E-state index in [1.807, 2.05) is 12.1 Å². The third-order valence-corrected chi connectivity index (χ3v) is 8.42. The van der Waals surface area contributed by atoms with E-state index in [9.17, 15) is 8.42 Å². The van der Waals surface area contributed by atoms with Gasteiger partial charge >= 0.3 is 0 Å². The van der Waals surface area contributed by atoms with Crippen LogP contribution in [0.15, 0.2) is 24.5 Å². The van der Waals surface area contributed by atoms with Crippen LogP contribution in [0.1, 0.15) is 44.1 Å². The summed E-state index contributed by atoms with van der Waals surface area (Å²) in [7, 11) is -2.91. The third-order valence-electron chi connectivity index (χ3n) is 6.74. The van der Waals surface area contributed by atoms with Crippen molar-refractivity contribution in [2.24, 2.45) is 5.92 Å². The summed E-state index contributed by atoms with van der Waals surface area (Å²) in [5, 5.41) is 13.4. The van der Waals surface area contributed by atoms with Gasteiger partial charge < -0.3 is 10.2 Å². The van der Waals surface area contributed by atoms with Crippen molar-refractivity contribution in [1.29, 1.82) is 5.26 Å². The number of hydrogen-bond donors (Lipinski definition) is 1. The molecule has 2 aliphatic rings. The van der Waals surface area contributed by atoms with E-state index >= 15 is 0 Å². The zero-order chi connectivity index (χ0) is 21.1. The lowest BCUT2D eigenvalue weighted by Crippen LogP contribution is -2.46. The number of nitrogens with one attached hydrogen (secondary N) is 1. The molecule has 0 radical (unpaired) electrons. The van der Waals surface area contributed by atoms with Crippen LogP contribution in [0.3, 0.4) is 0 Å². The van der Waals surface area contributed by atoms with Crippen molar-refractivity contribution in [1.82, 2.24) is 14.9 Å². The summed E-state index contributed by atoms with van der Waals surface area (Å²) in [5.74, 6) is 1.39. The van der Waals surface area contributed by atoms with Crippen molar-refractivity contribution in [3.63, 3.8) is 0 Å². The van der Waals surface area contributed by atoms with Crippen molar-refractivity contribution in [2.45, 2.75) is 49.8 Å². The Bertz CT molecular complexity index is 1030. The molecule has 0 bridgehead atoms. The molecule has 0 spiro atoms. The molecule has 0 amide bonds. The van der Waals surface area contributed by atoms with E-state index in [1.165, 1.54) is 19.1 Å². The standard InChI is InChI=1S/C22H29N5O2S/c1-30(28,29)19-8-10-27(11-9-19)18-5-2-16(3-6-18)14-24-22-20-12-17(13-23)4-7-21(20)25-15-26-22/h4,7,12,15-16,18-19H,2-3,5-6,8-11,14H2,1H3,(H,24,25,26)/t16-,18-. The van der Waals surface area contributed by atoms with Crippen LogP contribution in [0.4, 0.5) is 5.82 Å². The molecule has 7 nitrogen and oxygen atoms in total. The molecule has 1 aromatic carbocycles. The number of aromatic nitrogens is 2. The van der Waals surface area contributed by atoms with Crippen molar-refractivity contribution < 1.29 is 8.42 Å². The van der Waals surface area contributed by atoms with Crippen LogP contribution in [-0.2, 0) is 9.84 Å². The predicted molar refractivity (Wildman–Crippen MR) is 118 cm³/mol. The molecule has 1 saturated carbocycles. The van der Waals surface area contributed by atoms with E-state index in [4.69, 9.17) is 5.26 Å². The molecule has 1 N–H and O–H groups in total. The maximum Gasteiger partial charge on any atom is 0.150 e. The lowest BCUT2D eigenvalue weighted by molar-refractivity contribution is 0.118. The molecule has 0 atom stereocenters. The predicted octanol–water partition coefficient (Wildman–Crippen LogP) is 2.98. The van der Waals surface area contributed by atoms with Gasteiger partial charge in [0.25, 0.3) is 0 Å². The zero-order valence-corrected chi connectivity index (χ0v) is 18.2. The Morgan fingerprint density at radius 3 is 2.53 bits per heavy atom. The average molecular weight is 428 g/mol. The SMILES string of the molecule is CS(=O)(=O)C1CCN([C@H]2CC[C@H](CNc3ncnc4ccc(C#N)cc34)CC2)CC1. The average Bonchev–Trinajstić information content (AvgIpc) is 2.77. The molecule has 1 aromatic heterocycles. The summed E-state index contributed by atoms with van der Waals surface area (Å²) in [6, 6.07) is 8.24. The Hall–Kier alpha value is -2.24. The Kier molecular flexibility index (Phi) is 6.21. The van der Waals surface area contributed by atoms with Crippen molar-refractivity contribution >= 4 is 26.6 Å². The van der Waals surface area contributed by atoms with Crippen molar-refractivity contribution in [3.8, 4) is 6.07 Å². The number of hydrogen-bond acceptors (Lipinski definition) is 7. The number of rotatable bonds is 5. The number of nitriles is 1. The first kappa shape index (κ1) is 21.0. The molecule has 30 heavy (non-hydrogen) atoms. The highest BCUT2D eigenvalue weighted by Crippen LogP contribution is 2.31. The number of fused-ring (bicyclic) bond motifs is 1. The summed E-state index contributed by atoms with van der Waals surface area (Å²) in [5.41, 5.74) is 1.45. The first-order valence-electron chi connectivity index (χ1n) is 10.8. The Balaban J connectivity index is 1.29. The minimum atomic E-state index is -2.91. The molecular weight excluding hydrogens is 398 g/mol. The minimum Gasteiger partial charge on any atom is -0.369 e. The highest BCUT2D eigenvalue weighted by atomic mass is 32.2. The van der Waals surface area contributed by atoms with E-state index in [0.29, 0.717) is 17.5 Å². The van der Waals surface area contributed by atoms with Gasteiger partial charge in [-0.3, -0.25) is 0 Å². The van der Waals surface area contributed by atoms with Crippen molar-refractivity contribution in [3.05, 3.63) is 30.1 Å². The van der Waals surface area contributed by atoms with Crippen LogP contribution in [0, 0.1) is 17.2 Å². The van der Waals surface area contributed by atoms with Gasteiger partial charge in [-0.15, -0.1) is 0 Å². The topological polar surface area (TPSA) is 99.0 Å². The fourth-order valence-electron chi connectivity index (χ4n) is 4.89. The van der Waals surface area contributed by atoms with E-state index in [-0.39, 0.29) is 5.25 Å². The quantitative estimate of drug-likeness (QED) is 0.783. The summed E-state index contributed by atoms with van der Waals surface area (Å²) in [4.78, 5) is 11.2. The summed E-state index contributed by atoms with van der Waals surface area (Å²) < 4.78 is 23.5. The second-order valence-corrected chi connectivity index (χ2v) is 11.0. The monoisotopic (exact) mass is 427 g/mol. The van der Waals surface area contributed by atoms with E-state index in [0.717, 1.165) is 62.0 Å². The lowest BCUT2D eigenvalue weighted by Gasteiger charge is -2.40. The van der Waals surface area contributed by atoms with Gasteiger partial charge in [-0.2, -0.15) is 5.26 Å². The first-order chi connectivity index (χ1) is 14.4. The number of sulfone groups is 1. The highest BCUT2D eigenvalue weighted by Gasteiger charge is 2.32. The zero-order valence-electron chi connectivity index (χ0n) is 17.4. The normalized spacial score (nSPS) is 23.9. The molecular formula is C22H29N5O2S. The van der Waals surface area contributed by atoms with E-state index < -0.39 is 9.84 Å². The molecule has 1 aliphatic heterocycles. The fourth-order valence-corrected chi connectivity index (χ4v) is 5.96. The van der Waals surface area contributed by atoms with Crippen LogP contribution < -0.4 is 5.32 Å². The highest BCUT2D eigenvalue weighted by molar-refractivity contribution is 7.91. The van der Waals surface area contributed by atoms with Crippen LogP contribution in [0.2, 0.25) is 0 Å². The smallest absolute Gasteiger partial charge is 0.150 e. The Morgan fingerprint density at radius 1 is 1.13 bits per heavy atom. The van der Waals surface area contributed by atoms with Crippen LogP contribution in [-0.4, -0.2) is 60.5 Å². The lowest BCUT2D eigenvalue weighted by atomic mass is 9.84. The summed E-state index contributed by atoms with van der Waals surface area (Å²) >= 11 is 0. The molecule has 4 rings (SSSR count). The molecule has 1 aliphatic carbocycles. The number of likely N-dealkylation sites (tertiary alicyclic amines) is 1. The number of piperidine rings is 1. The number of nitrogens with zero attached hydrogens (tertiary/aromatic N) is 4. The van der Waals surface area contributed by atoms with Crippen LogP contribution >= 0.6 is 0 Å². The Morgan fingerprint density at radius 2 is 1.87 bits per heavy atom. The van der Waals surface area contributed by atoms with Gasteiger partial charge in [-0.05, 0) is 75.7 Å². The summed E-state index contributed by atoms with van der Waals surface area (Å²) in [6.07, 6.45) is 9.13. The second kappa shape index (κ2) is 8.86. The molecule has 2 fully saturated rings. The molecule has 0 unspecified atom stereocenters. The van der Waals surface area contributed by atoms with Gasteiger partial charge in [-0.1, -0.05) is 0 Å². The number of benzene rings is 1. The van der Waals surface area contributed by atoms with Crippen LogP contribution in [0.5, 0.6) is 0 Å². The summed E-state index contributed by atoms with van der Waals surface area (Å²) in [6.45, 7) is 2.67. The molecule has 8 heteroatoms. The van der Waals surface area contributed by atoms with Gasteiger partial charge in [0.15, 0.2) is 0 Å². The third kappa shape index (κ3) is 4.73. The van der Waals surface area contributed by atoms with Gasteiger partial charge in [0.1, 0.15) is 22.0 Å². The number of anilines is 1. The molecule has 2 aromatic rings. The van der Waals surface area contributed by atoms with E-state index in [1.54, 1.807) is 12.4 Å². The van der Waals surface area contributed by atoms with E-state index in [2.05, 4.69) is 26.3 Å².